The lowest BCUT2D eigenvalue weighted by Crippen LogP contribution is -2.38. The molecule has 0 N–H and O–H groups in total. The van der Waals surface area contributed by atoms with E-state index in [1.807, 2.05) is 30.3 Å². The summed E-state index contributed by atoms with van der Waals surface area (Å²) in [6.45, 7) is 6.51. The maximum absolute atomic E-state index is 13.0. The molecule has 1 atom stereocenters. The van der Waals surface area contributed by atoms with Crippen molar-refractivity contribution in [2.75, 3.05) is 19.7 Å². The first-order chi connectivity index (χ1) is 15.1. The van der Waals surface area contributed by atoms with Gasteiger partial charge in [-0.2, -0.15) is 0 Å². The lowest BCUT2D eigenvalue weighted by Gasteiger charge is -2.32. The number of para-hydroxylation sites is 1. The first kappa shape index (κ1) is 21.3. The van der Waals surface area contributed by atoms with E-state index in [0.717, 1.165) is 25.1 Å². The summed E-state index contributed by atoms with van der Waals surface area (Å²) in [5.41, 5.74) is 1.77. The van der Waals surface area contributed by atoms with Crippen LogP contribution >= 0.6 is 0 Å². The summed E-state index contributed by atoms with van der Waals surface area (Å²) in [7, 11) is 0. The van der Waals surface area contributed by atoms with Gasteiger partial charge < -0.3 is 14.1 Å². The summed E-state index contributed by atoms with van der Waals surface area (Å²) >= 11 is 0. The van der Waals surface area contributed by atoms with Gasteiger partial charge in [-0.15, -0.1) is 0 Å². The fraction of sp³-hybridized carbons (Fsp3) is 0.385. The topological polar surface area (TPSA) is 59.8 Å². The van der Waals surface area contributed by atoms with Gasteiger partial charge in [-0.1, -0.05) is 42.8 Å². The molecule has 1 fully saturated rings. The van der Waals surface area contributed by atoms with E-state index in [9.17, 15) is 9.59 Å². The van der Waals surface area contributed by atoms with Crippen LogP contribution in [0.2, 0.25) is 0 Å². The van der Waals surface area contributed by atoms with E-state index in [-0.39, 0.29) is 16.6 Å². The van der Waals surface area contributed by atoms with E-state index >= 15 is 0 Å². The molecule has 3 aromatic rings. The van der Waals surface area contributed by atoms with Gasteiger partial charge in [0.25, 0.3) is 0 Å². The van der Waals surface area contributed by atoms with Gasteiger partial charge in [0, 0.05) is 17.2 Å². The van der Waals surface area contributed by atoms with Crippen LogP contribution in [0.25, 0.3) is 22.3 Å². The third kappa shape index (κ3) is 4.57. The molecule has 1 aliphatic heterocycles. The molecule has 0 spiro atoms. The van der Waals surface area contributed by atoms with Crippen LogP contribution in [0, 0.1) is 6.92 Å². The summed E-state index contributed by atoms with van der Waals surface area (Å²) in [6, 6.07) is 14.9. The highest BCUT2D eigenvalue weighted by atomic mass is 16.5. The molecular weight excluding hydrogens is 390 g/mol. The minimum Gasteiger partial charge on any atom is -0.462 e. The number of nitrogens with zero attached hydrogens (tertiary/aromatic N) is 1. The normalized spacial score (nSPS) is 15.7. The van der Waals surface area contributed by atoms with Crippen LogP contribution in [0.5, 0.6) is 0 Å². The lowest BCUT2D eigenvalue weighted by molar-refractivity contribution is 0.0457. The van der Waals surface area contributed by atoms with Crippen molar-refractivity contribution >= 4 is 16.9 Å². The average Bonchev–Trinajstić information content (AvgIpc) is 2.82. The lowest BCUT2D eigenvalue weighted by atomic mass is 10.0. The van der Waals surface area contributed by atoms with Crippen molar-refractivity contribution in [3.63, 3.8) is 0 Å². The molecule has 1 aliphatic rings. The van der Waals surface area contributed by atoms with E-state index in [1.165, 1.54) is 19.3 Å². The first-order valence-electron chi connectivity index (χ1n) is 11.1. The van der Waals surface area contributed by atoms with Crippen molar-refractivity contribution in [2.45, 2.75) is 45.6 Å². The number of piperidine rings is 1. The fourth-order valence-corrected chi connectivity index (χ4v) is 4.28. The Kier molecular flexibility index (Phi) is 6.52. The average molecular weight is 420 g/mol. The monoisotopic (exact) mass is 419 g/mol. The van der Waals surface area contributed by atoms with Crippen LogP contribution in [0.3, 0.4) is 0 Å². The third-order valence-electron chi connectivity index (χ3n) is 6.18. The maximum Gasteiger partial charge on any atom is 0.341 e. The summed E-state index contributed by atoms with van der Waals surface area (Å²) in [4.78, 5) is 28.3. The van der Waals surface area contributed by atoms with Crippen molar-refractivity contribution in [3.8, 4) is 11.3 Å². The molecule has 5 nitrogen and oxygen atoms in total. The van der Waals surface area contributed by atoms with Crippen LogP contribution in [-0.4, -0.2) is 36.6 Å². The Morgan fingerprint density at radius 3 is 2.55 bits per heavy atom. The number of fused-ring (bicyclic) bond motifs is 1. The van der Waals surface area contributed by atoms with Gasteiger partial charge in [-0.25, -0.2) is 4.79 Å². The number of benzene rings is 2. The Labute approximate surface area is 182 Å². The van der Waals surface area contributed by atoms with Gasteiger partial charge in [0.05, 0.1) is 12.0 Å². The number of ether oxygens (including phenoxy) is 1. The first-order valence-corrected chi connectivity index (χ1v) is 11.1. The molecule has 5 heteroatoms. The van der Waals surface area contributed by atoms with E-state index < -0.39 is 5.97 Å². The Hall–Kier alpha value is -2.92. The van der Waals surface area contributed by atoms with E-state index in [0.29, 0.717) is 29.4 Å². The predicted octanol–water partition coefficient (Wildman–Crippen LogP) is 5.19. The van der Waals surface area contributed by atoms with Crippen LogP contribution < -0.4 is 5.43 Å². The number of esters is 1. The molecule has 1 aromatic heterocycles. The van der Waals surface area contributed by atoms with Crippen molar-refractivity contribution in [2.24, 2.45) is 0 Å². The van der Waals surface area contributed by atoms with Gasteiger partial charge in [0.15, 0.2) is 11.0 Å². The van der Waals surface area contributed by atoms with Crippen molar-refractivity contribution < 1.29 is 13.9 Å². The smallest absolute Gasteiger partial charge is 0.341 e. The molecule has 31 heavy (non-hydrogen) atoms. The van der Waals surface area contributed by atoms with E-state index in [1.54, 1.807) is 25.1 Å². The SMILES string of the molecule is Cc1c(-c2ccccc2)oc2c(C(=O)OCCC(C)N3CCCCC3)cccc2c1=O. The molecule has 162 valence electrons. The number of carbonyl (C=O) groups excluding carboxylic acids is 1. The molecule has 1 saturated heterocycles. The van der Waals surface area contributed by atoms with Crippen LogP contribution in [0.1, 0.15) is 48.5 Å². The second-order valence-electron chi connectivity index (χ2n) is 8.30. The second kappa shape index (κ2) is 9.48. The van der Waals surface area contributed by atoms with Crippen molar-refractivity contribution in [1.82, 2.24) is 4.90 Å². The molecule has 0 amide bonds. The summed E-state index contributed by atoms with van der Waals surface area (Å²) in [6.07, 6.45) is 4.56. The zero-order valence-electron chi connectivity index (χ0n) is 18.2. The van der Waals surface area contributed by atoms with Gasteiger partial charge in [0.1, 0.15) is 11.3 Å². The Bertz CT molecular complexity index is 1110. The molecule has 0 aliphatic carbocycles. The van der Waals surface area contributed by atoms with Gasteiger partial charge in [-0.3, -0.25) is 4.79 Å². The zero-order valence-corrected chi connectivity index (χ0v) is 18.2. The highest BCUT2D eigenvalue weighted by molar-refractivity contribution is 6.02. The zero-order chi connectivity index (χ0) is 21.8. The molecule has 1 unspecified atom stereocenters. The molecular formula is C26H29NO4. The third-order valence-corrected chi connectivity index (χ3v) is 6.18. The minimum atomic E-state index is -0.456. The highest BCUT2D eigenvalue weighted by Crippen LogP contribution is 2.27. The van der Waals surface area contributed by atoms with Crippen LogP contribution in [-0.2, 0) is 4.74 Å². The van der Waals surface area contributed by atoms with Gasteiger partial charge >= 0.3 is 5.97 Å². The molecule has 4 rings (SSSR count). The minimum absolute atomic E-state index is 0.131. The van der Waals surface area contributed by atoms with E-state index in [2.05, 4.69) is 11.8 Å². The number of carbonyl (C=O) groups is 1. The number of rotatable bonds is 6. The molecule has 2 aromatic carbocycles. The van der Waals surface area contributed by atoms with Gasteiger partial charge in [0.2, 0.25) is 0 Å². The Morgan fingerprint density at radius 1 is 1.06 bits per heavy atom. The maximum atomic E-state index is 13.0. The molecule has 0 radical (unpaired) electrons. The highest BCUT2D eigenvalue weighted by Gasteiger charge is 2.20. The fourth-order valence-electron chi connectivity index (χ4n) is 4.28. The molecule has 0 bridgehead atoms. The summed E-state index contributed by atoms with van der Waals surface area (Å²) in [5.74, 6) is 0.0273. The van der Waals surface area contributed by atoms with Crippen molar-refractivity contribution in [3.05, 3.63) is 69.9 Å². The molecule has 2 heterocycles. The van der Waals surface area contributed by atoms with E-state index in [4.69, 9.17) is 9.15 Å². The van der Waals surface area contributed by atoms with Crippen LogP contribution in [0.15, 0.2) is 57.7 Å². The molecule has 0 saturated carbocycles. The summed E-state index contributed by atoms with van der Waals surface area (Å²) < 4.78 is 11.7. The second-order valence-corrected chi connectivity index (χ2v) is 8.30. The number of likely N-dealkylation sites (tertiary alicyclic amines) is 1. The Morgan fingerprint density at radius 2 is 1.81 bits per heavy atom. The van der Waals surface area contributed by atoms with Crippen molar-refractivity contribution in [1.29, 1.82) is 0 Å². The predicted molar refractivity (Wildman–Crippen MR) is 122 cm³/mol. The standard InChI is InChI=1S/C26H29NO4/c1-18(27-15-7-4-8-16-27)14-17-30-26(29)22-13-9-12-21-23(28)19(2)24(31-25(21)22)20-10-5-3-6-11-20/h3,5-6,9-13,18H,4,7-8,14-17H2,1-2H3. The largest absolute Gasteiger partial charge is 0.462 e. The number of hydrogen-bond donors (Lipinski definition) is 0. The quantitative estimate of drug-likeness (QED) is 0.515. The Balaban J connectivity index is 1.56. The summed E-state index contributed by atoms with van der Waals surface area (Å²) in [5, 5.41) is 0.397. The van der Waals surface area contributed by atoms with Crippen LogP contribution in [0.4, 0.5) is 0 Å². The van der Waals surface area contributed by atoms with Gasteiger partial charge in [-0.05, 0) is 58.3 Å². The number of hydrogen-bond acceptors (Lipinski definition) is 5.